The fourth-order valence-corrected chi connectivity index (χ4v) is 9.97. The van der Waals surface area contributed by atoms with Gasteiger partial charge in [-0.1, -0.05) is 63.2 Å². The fraction of sp³-hybridized carbons (Fsp3) is 0.409. The van der Waals surface area contributed by atoms with E-state index in [-0.39, 0.29) is 19.4 Å². The Morgan fingerprint density at radius 2 is 1.75 bits per heavy atom. The molecule has 0 radical (unpaired) electrons. The van der Waals surface area contributed by atoms with Gasteiger partial charge >= 0.3 is 6.09 Å². The smallest absolute Gasteiger partial charge is 0.405 e. The van der Waals surface area contributed by atoms with Crippen LogP contribution < -0.4 is 20.1 Å². The third-order valence-electron chi connectivity index (χ3n) is 11.5. The molecule has 3 aliphatic rings. The van der Waals surface area contributed by atoms with Crippen LogP contribution in [0.4, 0.5) is 4.79 Å². The topological polar surface area (TPSA) is 197 Å². The standard InChI is InChI=1S/C44H50N6O9S/c1-7-28-24-44(28,41(53)50(60(56,57)31-17-18-31)26(2)27-13-9-8-10-14-27)48-39(51)36-22-30(25-49(36)40(52)38(43(3,4)5)47-42(54)55)59-37-23-35(33-15-11-12-20-45-33)46-34-21-29(58-6)16-19-32(34)37/h7-16,19-21,23,26,28,30-31,36,38,47H,1,17-18,22,24-25H2,2-6H3,(H,48,51)(H,54,55). The summed E-state index contributed by atoms with van der Waals surface area (Å²) in [4.78, 5) is 66.7. The number of nitrogens with zero attached hydrogens (tertiary/aromatic N) is 4. The molecule has 1 saturated heterocycles. The molecule has 1 aliphatic heterocycles. The molecule has 2 aromatic heterocycles. The van der Waals surface area contributed by atoms with Gasteiger partial charge < -0.3 is 30.1 Å². The quantitative estimate of drug-likeness (QED) is 0.136. The molecule has 6 atom stereocenters. The van der Waals surface area contributed by atoms with Gasteiger partial charge in [0.2, 0.25) is 21.8 Å². The molecule has 6 unspecified atom stereocenters. The van der Waals surface area contributed by atoms with Gasteiger partial charge in [0.1, 0.15) is 35.2 Å². The summed E-state index contributed by atoms with van der Waals surface area (Å²) in [5.41, 5.74) is -0.349. The number of sulfonamides is 1. The summed E-state index contributed by atoms with van der Waals surface area (Å²) < 4.78 is 41.1. The highest BCUT2D eigenvalue weighted by Crippen LogP contribution is 2.49. The highest BCUT2D eigenvalue weighted by atomic mass is 32.2. The number of pyridine rings is 2. The van der Waals surface area contributed by atoms with E-state index < -0.39 is 80.2 Å². The molecule has 4 aromatic rings. The summed E-state index contributed by atoms with van der Waals surface area (Å²) in [6.45, 7) is 10.5. The molecule has 3 N–H and O–H groups in total. The number of aromatic nitrogens is 2. The van der Waals surface area contributed by atoms with E-state index in [2.05, 4.69) is 22.2 Å². The average molecular weight is 839 g/mol. The minimum absolute atomic E-state index is 0.0477. The van der Waals surface area contributed by atoms with Gasteiger partial charge in [-0.3, -0.25) is 19.4 Å². The molecule has 7 rings (SSSR count). The molecular formula is C44H50N6O9S. The van der Waals surface area contributed by atoms with E-state index in [9.17, 15) is 32.7 Å². The number of carbonyl (C=O) groups is 4. The normalized spacial score (nSPS) is 22.3. The minimum atomic E-state index is -4.12. The molecule has 316 valence electrons. The average Bonchev–Trinajstić information content (AvgIpc) is 4.16. The number of fused-ring (bicyclic) bond motifs is 1. The Labute approximate surface area is 349 Å². The molecule has 2 aliphatic carbocycles. The van der Waals surface area contributed by atoms with Gasteiger partial charge in [0.15, 0.2) is 0 Å². The number of nitrogens with one attached hydrogen (secondary N) is 2. The summed E-state index contributed by atoms with van der Waals surface area (Å²) in [6, 6.07) is 17.9. The first-order valence-corrected chi connectivity index (χ1v) is 21.4. The first kappa shape index (κ1) is 42.1. The van der Waals surface area contributed by atoms with Crippen molar-refractivity contribution in [2.75, 3.05) is 13.7 Å². The highest BCUT2D eigenvalue weighted by Gasteiger charge is 2.64. The summed E-state index contributed by atoms with van der Waals surface area (Å²) in [5, 5.41) is 14.9. The van der Waals surface area contributed by atoms with Crippen LogP contribution in [0, 0.1) is 11.3 Å². The molecule has 4 amide bonds. The molecule has 16 heteroatoms. The van der Waals surface area contributed by atoms with Gasteiger partial charge in [0.25, 0.3) is 5.91 Å². The SMILES string of the molecule is C=CC1CC1(NC(=O)C1CC(Oc2cc(-c3ccccn3)nc3cc(OC)ccc23)CN1C(=O)C(NC(=O)O)C(C)(C)C)C(=O)N(C(C)c1ccccc1)S(=O)(=O)C1CC1. The maximum Gasteiger partial charge on any atom is 0.405 e. The van der Waals surface area contributed by atoms with E-state index in [1.54, 1.807) is 108 Å². The van der Waals surface area contributed by atoms with Crippen molar-refractivity contribution in [1.29, 1.82) is 0 Å². The number of hydrogen-bond donors (Lipinski definition) is 3. The van der Waals surface area contributed by atoms with Crippen LogP contribution in [0.5, 0.6) is 11.5 Å². The van der Waals surface area contributed by atoms with Gasteiger partial charge in [-0.2, -0.15) is 0 Å². The summed E-state index contributed by atoms with van der Waals surface area (Å²) >= 11 is 0. The van der Waals surface area contributed by atoms with Crippen molar-refractivity contribution in [1.82, 2.24) is 29.8 Å². The monoisotopic (exact) mass is 838 g/mol. The number of hydrogen-bond acceptors (Lipinski definition) is 10. The van der Waals surface area contributed by atoms with Crippen LogP contribution in [-0.4, -0.2) is 99.1 Å². The van der Waals surface area contributed by atoms with Gasteiger partial charge in [0.05, 0.1) is 41.9 Å². The van der Waals surface area contributed by atoms with E-state index in [1.165, 1.54) is 11.0 Å². The zero-order chi connectivity index (χ0) is 43.1. The molecular weight excluding hydrogens is 789 g/mol. The van der Waals surface area contributed by atoms with Crippen molar-refractivity contribution in [2.45, 2.75) is 88.4 Å². The van der Waals surface area contributed by atoms with Crippen LogP contribution in [0.1, 0.15) is 65.0 Å². The van der Waals surface area contributed by atoms with E-state index in [0.717, 1.165) is 4.31 Å². The van der Waals surface area contributed by atoms with Crippen LogP contribution in [0.25, 0.3) is 22.3 Å². The van der Waals surface area contributed by atoms with Crippen LogP contribution >= 0.6 is 0 Å². The number of benzene rings is 2. The van der Waals surface area contributed by atoms with E-state index in [4.69, 9.17) is 14.5 Å². The lowest BCUT2D eigenvalue weighted by molar-refractivity contribution is -0.143. The number of carboxylic acid groups (broad SMARTS) is 1. The third kappa shape index (κ3) is 8.24. The Kier molecular flexibility index (Phi) is 11.4. The van der Waals surface area contributed by atoms with Crippen molar-refractivity contribution in [2.24, 2.45) is 11.3 Å². The Morgan fingerprint density at radius 1 is 1.03 bits per heavy atom. The fourth-order valence-electron chi connectivity index (χ4n) is 7.96. The Bertz CT molecular complexity index is 2420. The van der Waals surface area contributed by atoms with Gasteiger partial charge in [-0.25, -0.2) is 22.5 Å². The Hall–Kier alpha value is -6.03. The van der Waals surface area contributed by atoms with Crippen molar-refractivity contribution < 1.29 is 42.2 Å². The van der Waals surface area contributed by atoms with Crippen molar-refractivity contribution >= 4 is 44.7 Å². The van der Waals surface area contributed by atoms with E-state index in [0.29, 0.717) is 52.2 Å². The maximum atomic E-state index is 14.8. The highest BCUT2D eigenvalue weighted by molar-refractivity contribution is 7.90. The number of carbonyl (C=O) groups excluding carboxylic acids is 3. The Morgan fingerprint density at radius 3 is 2.35 bits per heavy atom. The zero-order valence-corrected chi connectivity index (χ0v) is 35.0. The van der Waals surface area contributed by atoms with Gasteiger partial charge in [-0.15, -0.1) is 6.58 Å². The second kappa shape index (κ2) is 16.2. The lowest BCUT2D eigenvalue weighted by atomic mass is 9.85. The van der Waals surface area contributed by atoms with E-state index in [1.807, 2.05) is 6.07 Å². The predicted octanol–water partition coefficient (Wildman–Crippen LogP) is 5.48. The van der Waals surface area contributed by atoms with Crippen LogP contribution in [0.2, 0.25) is 0 Å². The van der Waals surface area contributed by atoms with Crippen LogP contribution in [0.15, 0.2) is 91.6 Å². The first-order valence-electron chi connectivity index (χ1n) is 19.9. The zero-order valence-electron chi connectivity index (χ0n) is 34.2. The molecule has 3 heterocycles. The van der Waals surface area contributed by atoms with Crippen LogP contribution in [0.3, 0.4) is 0 Å². The summed E-state index contributed by atoms with van der Waals surface area (Å²) in [5.74, 6) is -1.81. The Balaban J connectivity index is 1.25. The lowest BCUT2D eigenvalue weighted by Gasteiger charge is -2.36. The molecule has 2 saturated carbocycles. The predicted molar refractivity (Wildman–Crippen MR) is 223 cm³/mol. The van der Waals surface area contributed by atoms with Crippen molar-refractivity contribution in [3.63, 3.8) is 0 Å². The second-order valence-electron chi connectivity index (χ2n) is 16.8. The molecule has 2 aromatic carbocycles. The summed E-state index contributed by atoms with van der Waals surface area (Å²) in [7, 11) is -2.58. The molecule has 0 bridgehead atoms. The van der Waals surface area contributed by atoms with Crippen molar-refractivity contribution in [3.8, 4) is 22.9 Å². The third-order valence-corrected chi connectivity index (χ3v) is 13.9. The van der Waals surface area contributed by atoms with Crippen molar-refractivity contribution in [3.05, 3.63) is 97.2 Å². The molecule has 3 fully saturated rings. The largest absolute Gasteiger partial charge is 0.497 e. The number of methoxy groups -OCH3 is 1. The van der Waals surface area contributed by atoms with Gasteiger partial charge in [-0.05, 0) is 61.4 Å². The lowest BCUT2D eigenvalue weighted by Crippen LogP contribution is -2.60. The number of likely N-dealkylation sites (tertiary alicyclic amines) is 1. The first-order chi connectivity index (χ1) is 28.5. The molecule has 15 nitrogen and oxygen atoms in total. The van der Waals surface area contributed by atoms with Gasteiger partial charge in [0, 0.05) is 36.1 Å². The number of ether oxygens (including phenoxy) is 2. The minimum Gasteiger partial charge on any atom is -0.497 e. The number of amides is 4. The van der Waals surface area contributed by atoms with Crippen LogP contribution in [-0.2, 0) is 24.4 Å². The van der Waals surface area contributed by atoms with E-state index >= 15 is 0 Å². The molecule has 60 heavy (non-hydrogen) atoms. The summed E-state index contributed by atoms with van der Waals surface area (Å²) in [6.07, 6.45) is 1.82. The molecule has 0 spiro atoms. The second-order valence-corrected chi connectivity index (χ2v) is 18.9. The number of rotatable bonds is 14. The maximum absolute atomic E-state index is 14.8.